The maximum absolute atomic E-state index is 10.5. The van der Waals surface area contributed by atoms with Crippen molar-refractivity contribution in [3.05, 3.63) is 68.2 Å². The summed E-state index contributed by atoms with van der Waals surface area (Å²) in [4.78, 5) is 10.1. The van der Waals surface area contributed by atoms with Gasteiger partial charge in [-0.05, 0) is 30.2 Å². The van der Waals surface area contributed by atoms with Crippen LogP contribution in [-0.4, -0.2) is 11.5 Å². The number of halogens is 2. The minimum atomic E-state index is -0.409. The van der Waals surface area contributed by atoms with E-state index in [1.165, 1.54) is 12.1 Å². The van der Waals surface area contributed by atoms with Crippen LogP contribution in [0.2, 0.25) is 10.0 Å². The molecule has 6 heteroatoms. The maximum atomic E-state index is 10.5. The Morgan fingerprint density at radius 1 is 1.10 bits per heavy atom. The summed E-state index contributed by atoms with van der Waals surface area (Å²) in [6, 6.07) is 11.7. The molecule has 0 radical (unpaired) electrons. The van der Waals surface area contributed by atoms with E-state index in [2.05, 4.69) is 5.32 Å². The van der Waals surface area contributed by atoms with E-state index in [0.717, 1.165) is 17.7 Å². The molecule has 0 heterocycles. The van der Waals surface area contributed by atoms with Crippen LogP contribution in [0.4, 0.5) is 11.4 Å². The first kappa shape index (κ1) is 14.6. The lowest BCUT2D eigenvalue weighted by atomic mass is 10.1. The van der Waals surface area contributed by atoms with E-state index >= 15 is 0 Å². The SMILES string of the molecule is O=[N+]([O-])c1ccc(CCNc2cc(Cl)ccc2Cl)cc1. The number of hydrogen-bond acceptors (Lipinski definition) is 3. The van der Waals surface area contributed by atoms with Crippen molar-refractivity contribution in [3.8, 4) is 0 Å². The van der Waals surface area contributed by atoms with Crippen LogP contribution < -0.4 is 5.32 Å². The Morgan fingerprint density at radius 3 is 2.45 bits per heavy atom. The third kappa shape index (κ3) is 3.85. The lowest BCUT2D eigenvalue weighted by Gasteiger charge is -2.08. The summed E-state index contributed by atoms with van der Waals surface area (Å²) in [5.74, 6) is 0. The highest BCUT2D eigenvalue weighted by Gasteiger charge is 2.04. The van der Waals surface area contributed by atoms with Gasteiger partial charge in [0.2, 0.25) is 0 Å². The van der Waals surface area contributed by atoms with Crippen molar-refractivity contribution in [2.75, 3.05) is 11.9 Å². The fourth-order valence-electron chi connectivity index (χ4n) is 1.76. The van der Waals surface area contributed by atoms with Crippen molar-refractivity contribution in [3.63, 3.8) is 0 Å². The van der Waals surface area contributed by atoms with E-state index in [0.29, 0.717) is 16.6 Å². The van der Waals surface area contributed by atoms with Crippen LogP contribution in [0.15, 0.2) is 42.5 Å². The van der Waals surface area contributed by atoms with Crippen molar-refractivity contribution in [2.24, 2.45) is 0 Å². The molecule has 0 saturated carbocycles. The summed E-state index contributed by atoms with van der Waals surface area (Å²) >= 11 is 11.9. The first-order valence-electron chi connectivity index (χ1n) is 5.98. The molecule has 2 rings (SSSR count). The number of benzene rings is 2. The van der Waals surface area contributed by atoms with Crippen LogP contribution >= 0.6 is 23.2 Å². The standard InChI is InChI=1S/C14H12Cl2N2O2/c15-11-3-6-13(16)14(9-11)17-8-7-10-1-4-12(5-2-10)18(19)20/h1-6,9,17H,7-8H2. The molecule has 20 heavy (non-hydrogen) atoms. The second kappa shape index (κ2) is 6.59. The Labute approximate surface area is 126 Å². The van der Waals surface area contributed by atoms with Crippen LogP contribution in [0.25, 0.3) is 0 Å². The lowest BCUT2D eigenvalue weighted by Crippen LogP contribution is -2.05. The molecular weight excluding hydrogens is 299 g/mol. The van der Waals surface area contributed by atoms with E-state index in [4.69, 9.17) is 23.2 Å². The molecule has 2 aromatic carbocycles. The molecule has 0 unspecified atom stereocenters. The molecule has 0 spiro atoms. The summed E-state index contributed by atoms with van der Waals surface area (Å²) in [6.45, 7) is 0.665. The highest BCUT2D eigenvalue weighted by atomic mass is 35.5. The largest absolute Gasteiger partial charge is 0.383 e. The van der Waals surface area contributed by atoms with E-state index in [1.54, 1.807) is 30.3 Å². The molecular formula is C14H12Cl2N2O2. The van der Waals surface area contributed by atoms with Gasteiger partial charge in [0, 0.05) is 23.7 Å². The van der Waals surface area contributed by atoms with Gasteiger partial charge in [-0.3, -0.25) is 10.1 Å². The predicted molar refractivity (Wildman–Crippen MR) is 81.8 cm³/mol. The van der Waals surface area contributed by atoms with Crippen LogP contribution in [0, 0.1) is 10.1 Å². The van der Waals surface area contributed by atoms with Crippen molar-refractivity contribution in [1.82, 2.24) is 0 Å². The highest BCUT2D eigenvalue weighted by Crippen LogP contribution is 2.25. The first-order chi connectivity index (χ1) is 9.56. The molecule has 2 aromatic rings. The summed E-state index contributed by atoms with van der Waals surface area (Å²) < 4.78 is 0. The van der Waals surface area contributed by atoms with Crippen LogP contribution in [0.5, 0.6) is 0 Å². The smallest absolute Gasteiger partial charge is 0.269 e. The Kier molecular flexibility index (Phi) is 4.82. The minimum Gasteiger partial charge on any atom is -0.383 e. The van der Waals surface area contributed by atoms with Gasteiger partial charge in [0.1, 0.15) is 0 Å². The lowest BCUT2D eigenvalue weighted by molar-refractivity contribution is -0.384. The molecule has 0 saturated heterocycles. The van der Waals surface area contributed by atoms with Gasteiger partial charge in [0.25, 0.3) is 5.69 Å². The van der Waals surface area contributed by atoms with Crippen LogP contribution in [-0.2, 0) is 6.42 Å². The summed E-state index contributed by atoms with van der Waals surface area (Å²) in [6.07, 6.45) is 0.737. The van der Waals surface area contributed by atoms with Gasteiger partial charge >= 0.3 is 0 Å². The second-order valence-electron chi connectivity index (χ2n) is 4.22. The summed E-state index contributed by atoms with van der Waals surface area (Å²) in [5, 5.41) is 15.0. The van der Waals surface area contributed by atoms with Gasteiger partial charge in [0.15, 0.2) is 0 Å². The van der Waals surface area contributed by atoms with Crippen molar-refractivity contribution in [2.45, 2.75) is 6.42 Å². The van der Waals surface area contributed by atoms with Crippen LogP contribution in [0.1, 0.15) is 5.56 Å². The van der Waals surface area contributed by atoms with Crippen molar-refractivity contribution < 1.29 is 4.92 Å². The molecule has 0 bridgehead atoms. The second-order valence-corrected chi connectivity index (χ2v) is 5.07. The average Bonchev–Trinajstić information content (AvgIpc) is 2.43. The Balaban J connectivity index is 1.92. The molecule has 0 aliphatic carbocycles. The Hall–Kier alpha value is -1.78. The number of rotatable bonds is 5. The fourth-order valence-corrected chi connectivity index (χ4v) is 2.12. The predicted octanol–water partition coefficient (Wildman–Crippen LogP) is 4.56. The molecule has 104 valence electrons. The summed E-state index contributed by atoms with van der Waals surface area (Å²) in [5.41, 5.74) is 1.89. The van der Waals surface area contributed by atoms with E-state index in [9.17, 15) is 10.1 Å². The maximum Gasteiger partial charge on any atom is 0.269 e. The molecule has 4 nitrogen and oxygen atoms in total. The van der Waals surface area contributed by atoms with Gasteiger partial charge in [-0.15, -0.1) is 0 Å². The molecule has 0 atom stereocenters. The fraction of sp³-hybridized carbons (Fsp3) is 0.143. The third-order valence-corrected chi connectivity index (χ3v) is 3.37. The molecule has 0 fully saturated rings. The van der Waals surface area contributed by atoms with E-state index in [-0.39, 0.29) is 5.69 Å². The number of hydrogen-bond donors (Lipinski definition) is 1. The topological polar surface area (TPSA) is 55.2 Å². The quantitative estimate of drug-likeness (QED) is 0.650. The van der Waals surface area contributed by atoms with Gasteiger partial charge in [0.05, 0.1) is 15.6 Å². The van der Waals surface area contributed by atoms with Crippen molar-refractivity contribution >= 4 is 34.6 Å². The van der Waals surface area contributed by atoms with E-state index < -0.39 is 4.92 Å². The number of anilines is 1. The molecule has 1 N–H and O–H groups in total. The Morgan fingerprint density at radius 2 is 1.80 bits per heavy atom. The number of nitro benzene ring substituents is 1. The van der Waals surface area contributed by atoms with Crippen LogP contribution in [0.3, 0.4) is 0 Å². The monoisotopic (exact) mass is 310 g/mol. The zero-order valence-corrected chi connectivity index (χ0v) is 12.0. The van der Waals surface area contributed by atoms with Crippen molar-refractivity contribution in [1.29, 1.82) is 0 Å². The number of nitrogens with one attached hydrogen (secondary N) is 1. The zero-order valence-electron chi connectivity index (χ0n) is 10.5. The average molecular weight is 311 g/mol. The minimum absolute atomic E-state index is 0.0968. The number of non-ortho nitro benzene ring substituents is 1. The zero-order chi connectivity index (χ0) is 14.5. The molecule has 0 aromatic heterocycles. The highest BCUT2D eigenvalue weighted by molar-refractivity contribution is 6.35. The third-order valence-electron chi connectivity index (χ3n) is 2.80. The molecule has 0 amide bonds. The normalized spacial score (nSPS) is 10.3. The molecule has 0 aliphatic heterocycles. The van der Waals surface area contributed by atoms with Gasteiger partial charge in [-0.2, -0.15) is 0 Å². The first-order valence-corrected chi connectivity index (χ1v) is 6.74. The number of nitrogens with zero attached hydrogens (tertiary/aromatic N) is 1. The Bertz CT molecular complexity index is 615. The molecule has 0 aliphatic rings. The van der Waals surface area contributed by atoms with E-state index in [1.807, 2.05) is 0 Å². The van der Waals surface area contributed by atoms with Gasteiger partial charge in [-0.25, -0.2) is 0 Å². The van der Waals surface area contributed by atoms with Gasteiger partial charge in [-0.1, -0.05) is 35.3 Å². The number of nitro groups is 1. The summed E-state index contributed by atoms with van der Waals surface area (Å²) in [7, 11) is 0. The van der Waals surface area contributed by atoms with Gasteiger partial charge < -0.3 is 5.32 Å².